The second-order valence-electron chi connectivity index (χ2n) is 11.6. The van der Waals surface area contributed by atoms with Crippen LogP contribution in [0.4, 0.5) is 26.3 Å². The molecule has 0 radical (unpaired) electrons. The van der Waals surface area contributed by atoms with Gasteiger partial charge in [0.1, 0.15) is 23.7 Å². The van der Waals surface area contributed by atoms with Gasteiger partial charge in [-0.1, -0.05) is 36.4 Å². The molecule has 0 saturated heterocycles. The number of hydrogen-bond donors (Lipinski definition) is 4. The Morgan fingerprint density at radius 2 is 1.08 bits per heavy atom. The van der Waals surface area contributed by atoms with Crippen LogP contribution in [0.25, 0.3) is 44.1 Å². The topological polar surface area (TPSA) is 123 Å². The molecule has 8 nitrogen and oxygen atoms in total. The largest absolute Gasteiger partial charge is 0.573 e. The SMILES string of the molecule is CNCc1cc(-c2ccc(OC(F)(F)F)cc2)c2ncccc2c1C(O)C(O)c1c(CN)cc(-c2ccc(OC(F)(F)F)cc2)c2ncccc12. The predicted octanol–water partition coefficient (Wildman–Crippen LogP) is 7.86. The van der Waals surface area contributed by atoms with E-state index in [9.17, 15) is 36.6 Å². The predicted molar refractivity (Wildman–Crippen MR) is 178 cm³/mol. The average Bonchev–Trinajstić information content (AvgIpc) is 3.09. The second-order valence-corrected chi connectivity index (χ2v) is 11.6. The van der Waals surface area contributed by atoms with Crippen LogP contribution in [0.15, 0.2) is 97.3 Å². The van der Waals surface area contributed by atoms with Gasteiger partial charge in [0.15, 0.2) is 0 Å². The number of alkyl halides is 6. The maximum Gasteiger partial charge on any atom is 0.573 e. The zero-order chi connectivity index (χ0) is 36.5. The third-order valence-electron chi connectivity index (χ3n) is 8.31. The van der Waals surface area contributed by atoms with Crippen molar-refractivity contribution in [2.45, 2.75) is 38.0 Å². The van der Waals surface area contributed by atoms with E-state index >= 15 is 0 Å². The summed E-state index contributed by atoms with van der Waals surface area (Å²) in [6, 6.07) is 20.8. The monoisotopic (exact) mass is 708 g/mol. The first-order valence-corrected chi connectivity index (χ1v) is 15.5. The number of nitrogens with two attached hydrogens (primary N) is 1. The van der Waals surface area contributed by atoms with Crippen LogP contribution < -0.4 is 20.5 Å². The van der Waals surface area contributed by atoms with Gasteiger partial charge in [-0.25, -0.2) is 0 Å². The standard InChI is InChI=1S/C37H30F6N4O4/c1-45-19-23-17-29(21-8-12-25(13-9-21)51-37(41,42)43)33-27(5-3-15-47-33)31(23)35(49)34(48)30-22(18-44)16-28(32-26(30)4-2-14-46-32)20-6-10-24(11-7-20)50-36(38,39)40/h2-17,34-35,45,48-49H,18-19,44H2,1H3. The first-order valence-electron chi connectivity index (χ1n) is 15.5. The molecule has 264 valence electrons. The van der Waals surface area contributed by atoms with Gasteiger partial charge >= 0.3 is 12.7 Å². The van der Waals surface area contributed by atoms with Crippen molar-refractivity contribution in [1.29, 1.82) is 0 Å². The molecule has 4 aromatic carbocycles. The Hall–Kier alpha value is -5.28. The summed E-state index contributed by atoms with van der Waals surface area (Å²) in [7, 11) is 1.70. The van der Waals surface area contributed by atoms with Gasteiger partial charge in [-0.3, -0.25) is 9.97 Å². The quantitative estimate of drug-likeness (QED) is 0.106. The van der Waals surface area contributed by atoms with E-state index in [2.05, 4.69) is 24.8 Å². The lowest BCUT2D eigenvalue weighted by atomic mass is 9.84. The van der Waals surface area contributed by atoms with E-state index in [0.29, 0.717) is 66.3 Å². The van der Waals surface area contributed by atoms with Gasteiger partial charge in [0, 0.05) is 47.4 Å². The van der Waals surface area contributed by atoms with Crippen LogP contribution in [0.3, 0.4) is 0 Å². The highest BCUT2D eigenvalue weighted by Crippen LogP contribution is 2.43. The highest BCUT2D eigenvalue weighted by molar-refractivity contribution is 5.98. The zero-order valence-corrected chi connectivity index (χ0v) is 26.8. The van der Waals surface area contributed by atoms with E-state index in [1.807, 2.05) is 0 Å². The molecular weight excluding hydrogens is 678 g/mol. The summed E-state index contributed by atoms with van der Waals surface area (Å²) in [5.74, 6) is -0.777. The van der Waals surface area contributed by atoms with Gasteiger partial charge in [-0.15, -0.1) is 26.3 Å². The third kappa shape index (κ3) is 7.59. The second kappa shape index (κ2) is 14.2. The Labute approximate surface area is 287 Å². The molecule has 6 aromatic rings. The Morgan fingerprint density at radius 1 is 0.667 bits per heavy atom. The molecule has 2 unspecified atom stereocenters. The van der Waals surface area contributed by atoms with E-state index in [1.54, 1.807) is 49.6 Å². The third-order valence-corrected chi connectivity index (χ3v) is 8.31. The molecule has 0 spiro atoms. The molecule has 0 aliphatic heterocycles. The number of nitrogens with one attached hydrogen (secondary N) is 1. The van der Waals surface area contributed by atoms with Crippen molar-refractivity contribution in [3.8, 4) is 33.8 Å². The molecule has 51 heavy (non-hydrogen) atoms. The molecule has 0 saturated carbocycles. The first-order chi connectivity index (χ1) is 24.3. The Kier molecular flexibility index (Phi) is 9.86. The minimum absolute atomic E-state index is 0.0646. The number of halogens is 6. The zero-order valence-electron chi connectivity index (χ0n) is 26.8. The average molecular weight is 709 g/mol. The van der Waals surface area contributed by atoms with Gasteiger partial charge in [-0.2, -0.15) is 0 Å². The van der Waals surface area contributed by atoms with E-state index < -0.39 is 30.7 Å². The number of pyridine rings is 2. The number of nitrogens with zero attached hydrogens (tertiary/aromatic N) is 2. The number of aliphatic hydroxyl groups is 2. The van der Waals surface area contributed by atoms with Crippen molar-refractivity contribution in [2.24, 2.45) is 5.73 Å². The number of ether oxygens (including phenoxy) is 2. The van der Waals surface area contributed by atoms with Gasteiger partial charge in [0.2, 0.25) is 0 Å². The molecule has 14 heteroatoms. The number of fused-ring (bicyclic) bond motifs is 2. The normalized spacial score (nSPS) is 13.4. The van der Waals surface area contributed by atoms with E-state index in [-0.39, 0.29) is 18.8 Å². The van der Waals surface area contributed by atoms with Crippen molar-refractivity contribution in [3.05, 3.63) is 120 Å². The Balaban J connectivity index is 1.45. The molecule has 6 rings (SSSR count). The maximum atomic E-state index is 12.8. The molecule has 0 fully saturated rings. The van der Waals surface area contributed by atoms with E-state index in [0.717, 1.165) is 0 Å². The van der Waals surface area contributed by atoms with Gasteiger partial charge in [0.25, 0.3) is 0 Å². The number of aromatic nitrogens is 2. The van der Waals surface area contributed by atoms with Crippen molar-refractivity contribution in [2.75, 3.05) is 7.05 Å². The van der Waals surface area contributed by atoms with Gasteiger partial charge in [-0.05, 0) is 89.0 Å². The maximum absolute atomic E-state index is 12.8. The highest BCUT2D eigenvalue weighted by atomic mass is 19.4. The highest BCUT2D eigenvalue weighted by Gasteiger charge is 2.33. The molecule has 0 amide bonds. The molecular formula is C37H30F6N4O4. The van der Waals surface area contributed by atoms with Crippen LogP contribution in [0, 0.1) is 0 Å². The molecule has 0 bridgehead atoms. The fourth-order valence-corrected chi connectivity index (χ4v) is 6.29. The van der Waals surface area contributed by atoms with Crippen LogP contribution in [0.5, 0.6) is 11.5 Å². The number of benzene rings is 4. The summed E-state index contributed by atoms with van der Waals surface area (Å²) in [5.41, 5.74) is 11.0. The number of aliphatic hydroxyl groups excluding tert-OH is 2. The number of rotatable bonds is 10. The van der Waals surface area contributed by atoms with Crippen molar-refractivity contribution >= 4 is 21.8 Å². The van der Waals surface area contributed by atoms with Crippen LogP contribution in [-0.2, 0) is 13.1 Å². The van der Waals surface area contributed by atoms with Gasteiger partial charge < -0.3 is 30.7 Å². The summed E-state index contributed by atoms with van der Waals surface area (Å²) in [4.78, 5) is 9.07. The van der Waals surface area contributed by atoms with Crippen LogP contribution in [0.1, 0.15) is 34.5 Å². The van der Waals surface area contributed by atoms with Gasteiger partial charge in [0.05, 0.1) is 11.0 Å². The smallest absolute Gasteiger partial charge is 0.406 e. The Morgan fingerprint density at radius 3 is 1.47 bits per heavy atom. The van der Waals surface area contributed by atoms with E-state index in [4.69, 9.17) is 5.73 Å². The lowest BCUT2D eigenvalue weighted by molar-refractivity contribution is -0.275. The minimum atomic E-state index is -4.85. The van der Waals surface area contributed by atoms with E-state index in [1.165, 1.54) is 54.7 Å². The summed E-state index contributed by atoms with van der Waals surface area (Å²) in [6.45, 7) is 0.177. The first kappa shape index (κ1) is 35.5. The molecule has 5 N–H and O–H groups in total. The van der Waals surface area contributed by atoms with Crippen LogP contribution >= 0.6 is 0 Å². The fraction of sp³-hybridized carbons (Fsp3) is 0.189. The molecule has 2 aromatic heterocycles. The molecule has 0 aliphatic carbocycles. The van der Waals surface area contributed by atoms with Crippen molar-refractivity contribution in [1.82, 2.24) is 15.3 Å². The lowest BCUT2D eigenvalue weighted by Crippen LogP contribution is -2.19. The summed E-state index contributed by atoms with van der Waals surface area (Å²) < 4.78 is 84.6. The summed E-state index contributed by atoms with van der Waals surface area (Å²) in [5, 5.41) is 28.1. The summed E-state index contributed by atoms with van der Waals surface area (Å²) in [6.07, 6.45) is -9.70. The van der Waals surface area contributed by atoms with Crippen LogP contribution in [0.2, 0.25) is 0 Å². The van der Waals surface area contributed by atoms with Crippen molar-refractivity contribution < 1.29 is 46.0 Å². The van der Waals surface area contributed by atoms with Crippen LogP contribution in [-0.4, -0.2) is 40.0 Å². The lowest BCUT2D eigenvalue weighted by Gasteiger charge is -2.27. The fourth-order valence-electron chi connectivity index (χ4n) is 6.29. The minimum Gasteiger partial charge on any atom is -0.406 e. The summed E-state index contributed by atoms with van der Waals surface area (Å²) >= 11 is 0. The van der Waals surface area contributed by atoms with Crippen molar-refractivity contribution in [3.63, 3.8) is 0 Å². The molecule has 2 atom stereocenters. The molecule has 2 heterocycles. The Bertz CT molecular complexity index is 2180. The number of hydrogen-bond acceptors (Lipinski definition) is 8. The molecule has 0 aliphatic rings.